The van der Waals surface area contributed by atoms with E-state index >= 15 is 0 Å². The Morgan fingerprint density at radius 1 is 1.18 bits per heavy atom. The lowest BCUT2D eigenvalue weighted by Crippen LogP contribution is -2.23. The van der Waals surface area contributed by atoms with E-state index in [4.69, 9.17) is 11.6 Å². The summed E-state index contributed by atoms with van der Waals surface area (Å²) in [4.78, 5) is 12.2. The molecule has 0 fully saturated rings. The van der Waals surface area contributed by atoms with Gasteiger partial charge in [0.1, 0.15) is 5.75 Å². The minimum Gasteiger partial charge on any atom is -0.507 e. The number of carbonyl (C=O) groups is 1. The van der Waals surface area contributed by atoms with Crippen LogP contribution in [-0.2, 0) is 6.18 Å². The van der Waals surface area contributed by atoms with Crippen molar-refractivity contribution in [3.05, 3.63) is 76.6 Å². The summed E-state index contributed by atoms with van der Waals surface area (Å²) in [7, 11) is 0. The van der Waals surface area contributed by atoms with E-state index in [1.807, 2.05) is 5.43 Å². The van der Waals surface area contributed by atoms with E-state index in [0.717, 1.165) is 12.4 Å². The number of hydrogen-bond acceptors (Lipinski definition) is 4. The molecule has 3 aromatic rings. The van der Waals surface area contributed by atoms with Gasteiger partial charge in [0, 0.05) is 10.6 Å². The first-order chi connectivity index (χ1) is 13.3. The number of benzene rings is 2. The molecular weight excluding hydrogens is 397 g/mol. The van der Waals surface area contributed by atoms with Crippen LogP contribution in [0.5, 0.6) is 5.75 Å². The van der Waals surface area contributed by atoms with Crippen LogP contribution in [0.1, 0.15) is 21.6 Å². The molecule has 0 aliphatic carbocycles. The Morgan fingerprint density at radius 2 is 1.86 bits per heavy atom. The van der Waals surface area contributed by atoms with E-state index < -0.39 is 23.3 Å². The van der Waals surface area contributed by atoms with Gasteiger partial charge >= 0.3 is 6.18 Å². The molecule has 28 heavy (non-hydrogen) atoms. The van der Waals surface area contributed by atoms with Gasteiger partial charge in [0.05, 0.1) is 23.7 Å². The summed E-state index contributed by atoms with van der Waals surface area (Å²) >= 11 is 5.75. The van der Waals surface area contributed by atoms with Gasteiger partial charge in [-0.3, -0.25) is 4.79 Å². The Balaban J connectivity index is 1.90. The van der Waals surface area contributed by atoms with Gasteiger partial charge in [0.2, 0.25) is 0 Å². The van der Waals surface area contributed by atoms with E-state index in [-0.39, 0.29) is 17.0 Å². The standard InChI is InChI=1S/C18H12ClF3N4O2/c19-12-5-7-13(8-6-12)26-16(18(20,21)22)14(10-24-26)17(28)25-23-9-11-3-1-2-4-15(11)27/h1-10,27H,(H,25,28)/b23-9+. The minimum atomic E-state index is -4.84. The quantitative estimate of drug-likeness (QED) is 0.505. The number of phenols is 1. The average Bonchev–Trinajstić information content (AvgIpc) is 3.09. The second kappa shape index (κ2) is 7.73. The smallest absolute Gasteiger partial charge is 0.434 e. The summed E-state index contributed by atoms with van der Waals surface area (Å²) < 4.78 is 41.3. The Morgan fingerprint density at radius 3 is 2.50 bits per heavy atom. The van der Waals surface area contributed by atoms with Crippen molar-refractivity contribution in [2.45, 2.75) is 6.18 Å². The molecule has 10 heteroatoms. The lowest BCUT2D eigenvalue weighted by Gasteiger charge is -2.12. The fraction of sp³-hybridized carbons (Fsp3) is 0.0556. The van der Waals surface area contributed by atoms with Crippen LogP contribution >= 0.6 is 11.6 Å². The molecule has 0 unspecified atom stereocenters. The van der Waals surface area contributed by atoms with Crippen molar-refractivity contribution in [2.24, 2.45) is 5.10 Å². The topological polar surface area (TPSA) is 79.5 Å². The summed E-state index contributed by atoms with van der Waals surface area (Å²) in [5.41, 5.74) is 0.442. The summed E-state index contributed by atoms with van der Waals surface area (Å²) in [5.74, 6) is -1.19. The van der Waals surface area contributed by atoms with Crippen LogP contribution < -0.4 is 5.43 Å². The molecule has 0 atom stereocenters. The zero-order valence-corrected chi connectivity index (χ0v) is 14.7. The first-order valence-corrected chi connectivity index (χ1v) is 8.17. The number of nitrogens with zero attached hydrogens (tertiary/aromatic N) is 3. The highest BCUT2D eigenvalue weighted by atomic mass is 35.5. The van der Waals surface area contributed by atoms with E-state index in [9.17, 15) is 23.1 Å². The first-order valence-electron chi connectivity index (χ1n) is 7.80. The monoisotopic (exact) mass is 408 g/mol. The van der Waals surface area contributed by atoms with Gasteiger partial charge in [0.25, 0.3) is 5.91 Å². The molecule has 1 aromatic heterocycles. The highest BCUT2D eigenvalue weighted by molar-refractivity contribution is 6.30. The van der Waals surface area contributed by atoms with E-state index in [1.54, 1.807) is 12.1 Å². The van der Waals surface area contributed by atoms with Gasteiger partial charge in [-0.15, -0.1) is 0 Å². The van der Waals surface area contributed by atoms with Crippen molar-refractivity contribution in [1.82, 2.24) is 15.2 Å². The Kier molecular flexibility index (Phi) is 5.36. The van der Waals surface area contributed by atoms with Gasteiger partial charge in [0.15, 0.2) is 5.69 Å². The molecule has 3 rings (SSSR count). The Labute approximate surface area is 161 Å². The Hall–Kier alpha value is -3.33. The predicted octanol–water partition coefficient (Wildman–Crippen LogP) is 4.01. The fourth-order valence-electron chi connectivity index (χ4n) is 2.38. The molecule has 0 saturated heterocycles. The maximum atomic E-state index is 13.6. The first kappa shape index (κ1) is 19.4. The van der Waals surface area contributed by atoms with Crippen molar-refractivity contribution in [2.75, 3.05) is 0 Å². The van der Waals surface area contributed by atoms with Crippen LogP contribution in [0.3, 0.4) is 0 Å². The van der Waals surface area contributed by atoms with Crippen LogP contribution in [0.25, 0.3) is 5.69 Å². The van der Waals surface area contributed by atoms with E-state index in [1.165, 1.54) is 36.4 Å². The molecule has 0 bridgehead atoms. The number of hydrogen-bond donors (Lipinski definition) is 2. The molecule has 0 saturated carbocycles. The largest absolute Gasteiger partial charge is 0.507 e. The number of hydrazone groups is 1. The highest BCUT2D eigenvalue weighted by Gasteiger charge is 2.40. The molecule has 144 valence electrons. The van der Waals surface area contributed by atoms with Crippen LogP contribution in [0, 0.1) is 0 Å². The van der Waals surface area contributed by atoms with Gasteiger partial charge in [-0.25, -0.2) is 10.1 Å². The zero-order valence-electron chi connectivity index (χ0n) is 14.0. The molecule has 1 heterocycles. The maximum absolute atomic E-state index is 13.6. The number of carbonyl (C=O) groups excluding carboxylic acids is 1. The molecular formula is C18H12ClF3N4O2. The third-order valence-corrected chi connectivity index (χ3v) is 3.91. The third kappa shape index (κ3) is 4.15. The van der Waals surface area contributed by atoms with Crippen LogP contribution in [0.2, 0.25) is 5.02 Å². The number of phenolic OH excluding ortho intramolecular Hbond substituents is 1. The van der Waals surface area contributed by atoms with Crippen molar-refractivity contribution in [3.63, 3.8) is 0 Å². The number of halogens is 4. The van der Waals surface area contributed by atoms with Crippen LogP contribution in [-0.4, -0.2) is 27.0 Å². The van der Waals surface area contributed by atoms with Crippen molar-refractivity contribution in [3.8, 4) is 11.4 Å². The number of aromatic nitrogens is 2. The minimum absolute atomic E-state index is 0.0907. The second-order valence-electron chi connectivity index (χ2n) is 5.55. The zero-order chi connectivity index (χ0) is 20.3. The van der Waals surface area contributed by atoms with E-state index in [2.05, 4.69) is 10.2 Å². The predicted molar refractivity (Wildman–Crippen MR) is 96.7 cm³/mol. The summed E-state index contributed by atoms with van der Waals surface area (Å²) in [6.07, 6.45) is -2.92. The molecule has 2 aromatic carbocycles. The molecule has 0 spiro atoms. The lowest BCUT2D eigenvalue weighted by atomic mass is 10.2. The molecule has 0 aliphatic rings. The van der Waals surface area contributed by atoms with Gasteiger partial charge in [-0.05, 0) is 36.4 Å². The average molecular weight is 409 g/mol. The SMILES string of the molecule is O=C(N/N=C/c1ccccc1O)c1cnn(-c2ccc(Cl)cc2)c1C(F)(F)F. The Bertz CT molecular complexity index is 1030. The van der Waals surface area contributed by atoms with Crippen LogP contribution in [0.15, 0.2) is 59.8 Å². The number of nitrogens with one attached hydrogen (secondary N) is 1. The third-order valence-electron chi connectivity index (χ3n) is 3.66. The summed E-state index contributed by atoms with van der Waals surface area (Å²) in [6, 6.07) is 11.7. The fourth-order valence-corrected chi connectivity index (χ4v) is 2.51. The summed E-state index contributed by atoms with van der Waals surface area (Å²) in [5, 5.41) is 17.2. The molecule has 0 aliphatic heterocycles. The van der Waals surface area contributed by atoms with Crippen molar-refractivity contribution < 1.29 is 23.1 Å². The molecule has 6 nitrogen and oxygen atoms in total. The maximum Gasteiger partial charge on any atom is 0.434 e. The van der Waals surface area contributed by atoms with Crippen LogP contribution in [0.4, 0.5) is 13.2 Å². The van der Waals surface area contributed by atoms with Crippen molar-refractivity contribution in [1.29, 1.82) is 0 Å². The number of amides is 1. The molecule has 0 radical (unpaired) electrons. The number of aromatic hydroxyl groups is 1. The number of alkyl halides is 3. The van der Waals surface area contributed by atoms with Gasteiger partial charge in [-0.1, -0.05) is 23.7 Å². The highest BCUT2D eigenvalue weighted by Crippen LogP contribution is 2.33. The molecule has 2 N–H and O–H groups in total. The molecule has 1 amide bonds. The normalized spacial score (nSPS) is 11.7. The second-order valence-corrected chi connectivity index (χ2v) is 5.99. The van der Waals surface area contributed by atoms with Gasteiger partial charge in [-0.2, -0.15) is 23.4 Å². The van der Waals surface area contributed by atoms with Crippen molar-refractivity contribution >= 4 is 23.7 Å². The number of rotatable bonds is 4. The lowest BCUT2D eigenvalue weighted by molar-refractivity contribution is -0.143. The van der Waals surface area contributed by atoms with Gasteiger partial charge < -0.3 is 5.11 Å². The van der Waals surface area contributed by atoms with E-state index in [0.29, 0.717) is 9.70 Å². The summed E-state index contributed by atoms with van der Waals surface area (Å²) in [6.45, 7) is 0. The number of para-hydroxylation sites is 1.